The largest absolute Gasteiger partial charge is 0.477 e. The van der Waals surface area contributed by atoms with Crippen LogP contribution in [0.2, 0.25) is 0 Å². The summed E-state index contributed by atoms with van der Waals surface area (Å²) in [6.45, 7) is 3.87. The summed E-state index contributed by atoms with van der Waals surface area (Å²) in [6, 6.07) is 0. The number of sulfonamides is 1. The SMILES string of the molecule is CCC1(CNS(=O)(=O)c2cnn3c2OCCC3)CC1. The van der Waals surface area contributed by atoms with Crippen LogP contribution in [0.1, 0.15) is 32.6 Å². The third-order valence-electron chi connectivity index (χ3n) is 4.15. The Kier molecular flexibility index (Phi) is 3.05. The Morgan fingerprint density at radius 2 is 2.32 bits per heavy atom. The van der Waals surface area contributed by atoms with Gasteiger partial charge in [0.2, 0.25) is 15.9 Å². The minimum Gasteiger partial charge on any atom is -0.477 e. The normalized spacial score (nSPS) is 20.7. The second kappa shape index (κ2) is 4.49. The van der Waals surface area contributed by atoms with Gasteiger partial charge in [-0.25, -0.2) is 17.8 Å². The van der Waals surface area contributed by atoms with E-state index in [1.54, 1.807) is 4.68 Å². The molecule has 0 spiro atoms. The van der Waals surface area contributed by atoms with E-state index in [0.717, 1.165) is 25.7 Å². The Balaban J connectivity index is 1.78. The Bertz CT molecular complexity index is 575. The van der Waals surface area contributed by atoms with Gasteiger partial charge >= 0.3 is 0 Å². The van der Waals surface area contributed by atoms with Crippen molar-refractivity contribution in [3.8, 4) is 5.88 Å². The van der Waals surface area contributed by atoms with Crippen LogP contribution in [0, 0.1) is 5.41 Å². The summed E-state index contributed by atoms with van der Waals surface area (Å²) in [4.78, 5) is 0.166. The molecule has 1 fully saturated rings. The number of rotatable bonds is 5. The minimum absolute atomic E-state index is 0.166. The molecule has 1 saturated carbocycles. The smallest absolute Gasteiger partial charge is 0.247 e. The van der Waals surface area contributed by atoms with Gasteiger partial charge in [0.05, 0.1) is 12.8 Å². The molecule has 1 aliphatic carbocycles. The monoisotopic (exact) mass is 285 g/mol. The average Bonchev–Trinajstić information content (AvgIpc) is 3.07. The number of nitrogens with one attached hydrogen (secondary N) is 1. The van der Waals surface area contributed by atoms with E-state index >= 15 is 0 Å². The second-order valence-electron chi connectivity index (χ2n) is 5.42. The third kappa shape index (κ3) is 2.36. The number of fused-ring (bicyclic) bond motifs is 1. The van der Waals surface area contributed by atoms with Crippen molar-refractivity contribution in [3.63, 3.8) is 0 Å². The molecule has 0 atom stereocenters. The molecule has 19 heavy (non-hydrogen) atoms. The van der Waals surface area contributed by atoms with Crippen LogP contribution >= 0.6 is 0 Å². The molecule has 2 heterocycles. The molecule has 0 bridgehead atoms. The minimum atomic E-state index is -3.52. The van der Waals surface area contributed by atoms with Crippen molar-refractivity contribution in [2.75, 3.05) is 13.2 Å². The standard InChI is InChI=1S/C12H19N3O3S/c1-2-12(4-5-12)9-14-19(16,17)10-8-13-15-6-3-7-18-11(10)15/h8,14H,2-7,9H2,1H3. The molecular formula is C12H19N3O3S. The van der Waals surface area contributed by atoms with Gasteiger partial charge in [0.25, 0.3) is 0 Å². The lowest BCUT2D eigenvalue weighted by Crippen LogP contribution is -2.30. The van der Waals surface area contributed by atoms with Gasteiger partial charge in [-0.2, -0.15) is 5.10 Å². The van der Waals surface area contributed by atoms with Crippen LogP contribution in [0.5, 0.6) is 5.88 Å². The van der Waals surface area contributed by atoms with Crippen molar-refractivity contribution >= 4 is 10.0 Å². The summed E-state index contributed by atoms with van der Waals surface area (Å²) in [5.41, 5.74) is 0.182. The summed E-state index contributed by atoms with van der Waals surface area (Å²) < 4.78 is 34.4. The second-order valence-corrected chi connectivity index (χ2v) is 7.15. The van der Waals surface area contributed by atoms with E-state index in [-0.39, 0.29) is 10.3 Å². The molecule has 1 aliphatic heterocycles. The lowest BCUT2D eigenvalue weighted by Gasteiger charge is -2.17. The van der Waals surface area contributed by atoms with Gasteiger partial charge in [-0.3, -0.25) is 0 Å². The van der Waals surface area contributed by atoms with Crippen molar-refractivity contribution in [3.05, 3.63) is 6.20 Å². The summed E-state index contributed by atoms with van der Waals surface area (Å²) in [5.74, 6) is 0.375. The van der Waals surface area contributed by atoms with Gasteiger partial charge in [0.15, 0.2) is 4.90 Å². The van der Waals surface area contributed by atoms with Gasteiger partial charge in [0.1, 0.15) is 0 Å². The molecule has 0 saturated heterocycles. The molecule has 7 heteroatoms. The fraction of sp³-hybridized carbons (Fsp3) is 0.750. The van der Waals surface area contributed by atoms with Crippen LogP contribution in [0.4, 0.5) is 0 Å². The van der Waals surface area contributed by atoms with E-state index in [4.69, 9.17) is 4.74 Å². The number of ether oxygens (including phenoxy) is 1. The van der Waals surface area contributed by atoms with E-state index in [0.29, 0.717) is 25.6 Å². The van der Waals surface area contributed by atoms with E-state index in [1.807, 2.05) is 0 Å². The molecule has 106 valence electrons. The highest BCUT2D eigenvalue weighted by Crippen LogP contribution is 2.48. The molecule has 1 aromatic rings. The lowest BCUT2D eigenvalue weighted by atomic mass is 10.1. The van der Waals surface area contributed by atoms with Crippen molar-refractivity contribution in [1.29, 1.82) is 0 Å². The molecule has 0 aromatic carbocycles. The lowest BCUT2D eigenvalue weighted by molar-refractivity contribution is 0.224. The van der Waals surface area contributed by atoms with E-state index in [1.165, 1.54) is 6.20 Å². The number of aryl methyl sites for hydroxylation is 1. The van der Waals surface area contributed by atoms with Crippen LogP contribution in [-0.2, 0) is 16.6 Å². The fourth-order valence-electron chi connectivity index (χ4n) is 2.39. The fourth-order valence-corrected chi connectivity index (χ4v) is 3.62. The predicted octanol–water partition coefficient (Wildman–Crippen LogP) is 1.13. The van der Waals surface area contributed by atoms with Crippen LogP contribution < -0.4 is 9.46 Å². The first kappa shape index (κ1) is 12.9. The molecule has 1 aromatic heterocycles. The van der Waals surface area contributed by atoms with E-state index in [9.17, 15) is 8.42 Å². The number of hydrogen-bond donors (Lipinski definition) is 1. The first-order valence-corrected chi connectivity index (χ1v) is 8.23. The van der Waals surface area contributed by atoms with Crippen molar-refractivity contribution < 1.29 is 13.2 Å². The summed E-state index contributed by atoms with van der Waals surface area (Å²) >= 11 is 0. The van der Waals surface area contributed by atoms with Crippen LogP contribution in [0.15, 0.2) is 11.1 Å². The van der Waals surface area contributed by atoms with Gasteiger partial charge in [-0.15, -0.1) is 0 Å². The topological polar surface area (TPSA) is 73.2 Å². The molecule has 0 amide bonds. The maximum Gasteiger partial charge on any atom is 0.247 e. The van der Waals surface area contributed by atoms with Crippen molar-refractivity contribution in [2.24, 2.45) is 5.41 Å². The molecule has 3 rings (SSSR count). The first-order valence-electron chi connectivity index (χ1n) is 6.75. The zero-order chi connectivity index (χ0) is 13.5. The van der Waals surface area contributed by atoms with Crippen LogP contribution in [0.25, 0.3) is 0 Å². The maximum atomic E-state index is 12.3. The molecule has 0 radical (unpaired) electrons. The summed E-state index contributed by atoms with van der Waals surface area (Å²) in [7, 11) is -3.52. The van der Waals surface area contributed by atoms with Gasteiger partial charge in [-0.1, -0.05) is 6.92 Å². The Morgan fingerprint density at radius 3 is 3.00 bits per heavy atom. The Hall–Kier alpha value is -1.08. The Labute approximate surface area is 113 Å². The zero-order valence-electron chi connectivity index (χ0n) is 11.1. The van der Waals surface area contributed by atoms with E-state index < -0.39 is 10.0 Å². The van der Waals surface area contributed by atoms with Crippen LogP contribution in [0.3, 0.4) is 0 Å². The van der Waals surface area contributed by atoms with Crippen LogP contribution in [-0.4, -0.2) is 31.3 Å². The predicted molar refractivity (Wildman–Crippen MR) is 69.5 cm³/mol. The molecule has 0 unspecified atom stereocenters. The highest BCUT2D eigenvalue weighted by atomic mass is 32.2. The molecule has 1 N–H and O–H groups in total. The quantitative estimate of drug-likeness (QED) is 0.880. The molecule has 6 nitrogen and oxygen atoms in total. The first-order chi connectivity index (χ1) is 9.06. The Morgan fingerprint density at radius 1 is 1.53 bits per heavy atom. The third-order valence-corrected chi connectivity index (χ3v) is 5.53. The van der Waals surface area contributed by atoms with Gasteiger partial charge < -0.3 is 4.74 Å². The number of nitrogens with zero attached hydrogens (tertiary/aromatic N) is 2. The molecular weight excluding hydrogens is 266 g/mol. The van der Waals surface area contributed by atoms with Crippen molar-refractivity contribution in [2.45, 2.75) is 44.0 Å². The number of aromatic nitrogens is 2. The van der Waals surface area contributed by atoms with E-state index in [2.05, 4.69) is 16.7 Å². The highest BCUT2D eigenvalue weighted by molar-refractivity contribution is 7.89. The van der Waals surface area contributed by atoms with Crippen molar-refractivity contribution in [1.82, 2.24) is 14.5 Å². The highest BCUT2D eigenvalue weighted by Gasteiger charge is 2.41. The molecule has 2 aliphatic rings. The van der Waals surface area contributed by atoms with Gasteiger partial charge in [-0.05, 0) is 24.7 Å². The zero-order valence-corrected chi connectivity index (χ0v) is 11.9. The van der Waals surface area contributed by atoms with Gasteiger partial charge in [0, 0.05) is 19.5 Å². The average molecular weight is 285 g/mol. The summed E-state index contributed by atoms with van der Waals surface area (Å²) in [6.07, 6.45) is 5.47. The summed E-state index contributed by atoms with van der Waals surface area (Å²) in [5, 5.41) is 4.08. The number of hydrogen-bond acceptors (Lipinski definition) is 4. The maximum absolute atomic E-state index is 12.3.